The van der Waals surface area contributed by atoms with Crippen LogP contribution in [0.5, 0.6) is 0 Å². The molecule has 19 heavy (non-hydrogen) atoms. The van der Waals surface area contributed by atoms with E-state index in [1.165, 1.54) is 0 Å². The smallest absolute Gasteiger partial charge is 0.219 e. The lowest BCUT2D eigenvalue weighted by Gasteiger charge is -2.23. The highest BCUT2D eigenvalue weighted by atomic mass is 16.2. The third-order valence-corrected chi connectivity index (χ3v) is 3.52. The van der Waals surface area contributed by atoms with Gasteiger partial charge >= 0.3 is 0 Å². The Balaban J connectivity index is 2.03. The Morgan fingerprint density at radius 2 is 2.32 bits per heavy atom. The van der Waals surface area contributed by atoms with Gasteiger partial charge in [-0.25, -0.2) is 4.98 Å². The van der Waals surface area contributed by atoms with Gasteiger partial charge in [0.1, 0.15) is 5.82 Å². The quantitative estimate of drug-likeness (QED) is 0.906. The highest BCUT2D eigenvalue weighted by Gasteiger charge is 2.27. The number of carbonyl (C=O) groups excluding carboxylic acids is 1. The fraction of sp³-hybridized carbons (Fsp3) is 0.600. The van der Waals surface area contributed by atoms with Gasteiger partial charge in [-0.1, -0.05) is 19.9 Å². The van der Waals surface area contributed by atoms with Crippen LogP contribution in [0.3, 0.4) is 0 Å². The van der Waals surface area contributed by atoms with Crippen LogP contribution < -0.4 is 5.32 Å². The summed E-state index contributed by atoms with van der Waals surface area (Å²) < 4.78 is 0. The van der Waals surface area contributed by atoms with Gasteiger partial charge in [-0.15, -0.1) is 0 Å². The van der Waals surface area contributed by atoms with Crippen LogP contribution in [0.2, 0.25) is 0 Å². The molecule has 4 heteroatoms. The molecular weight excluding hydrogens is 238 g/mol. The molecule has 1 atom stereocenters. The van der Waals surface area contributed by atoms with Gasteiger partial charge in [-0.2, -0.15) is 0 Å². The van der Waals surface area contributed by atoms with Crippen LogP contribution in [-0.4, -0.2) is 28.9 Å². The molecule has 1 aliphatic heterocycles. The van der Waals surface area contributed by atoms with Crippen molar-refractivity contribution in [2.45, 2.75) is 39.7 Å². The first-order chi connectivity index (χ1) is 9.08. The lowest BCUT2D eigenvalue weighted by Crippen LogP contribution is -2.28. The fourth-order valence-corrected chi connectivity index (χ4v) is 2.51. The van der Waals surface area contributed by atoms with Crippen LogP contribution in [0.25, 0.3) is 0 Å². The van der Waals surface area contributed by atoms with E-state index in [9.17, 15) is 4.79 Å². The summed E-state index contributed by atoms with van der Waals surface area (Å²) in [4.78, 5) is 17.9. The molecule has 0 aromatic carbocycles. The number of nitrogens with one attached hydrogen (secondary N) is 1. The van der Waals surface area contributed by atoms with Crippen LogP contribution in [-0.2, 0) is 4.79 Å². The predicted octanol–water partition coefficient (Wildman–Crippen LogP) is 2.83. The number of hydrogen-bond donors (Lipinski definition) is 1. The molecule has 0 spiro atoms. The van der Waals surface area contributed by atoms with Gasteiger partial charge in [0.2, 0.25) is 5.91 Å². The van der Waals surface area contributed by atoms with Crippen LogP contribution in [0.4, 0.5) is 5.82 Å². The second-order valence-electron chi connectivity index (χ2n) is 5.62. The number of pyridine rings is 1. The fourth-order valence-electron chi connectivity index (χ4n) is 2.51. The molecule has 104 valence electrons. The summed E-state index contributed by atoms with van der Waals surface area (Å²) >= 11 is 0. The van der Waals surface area contributed by atoms with Crippen LogP contribution in [0.15, 0.2) is 18.3 Å². The SMILES string of the molecule is CC(=O)N1CCC[C@H]1c1ccc(NCC(C)C)nc1. The van der Waals surface area contributed by atoms with E-state index in [2.05, 4.69) is 30.2 Å². The standard InChI is InChI=1S/C15H23N3O/c1-11(2)9-16-15-7-6-13(10-17-15)14-5-4-8-18(14)12(3)19/h6-7,10-11,14H,4-5,8-9H2,1-3H3,(H,16,17)/t14-/m0/s1. The minimum atomic E-state index is 0.157. The van der Waals surface area contributed by atoms with Crippen molar-refractivity contribution < 1.29 is 4.79 Å². The average Bonchev–Trinajstić information content (AvgIpc) is 2.86. The molecule has 2 heterocycles. The number of aromatic nitrogens is 1. The summed E-state index contributed by atoms with van der Waals surface area (Å²) in [6.45, 7) is 7.78. The second-order valence-corrected chi connectivity index (χ2v) is 5.62. The highest BCUT2D eigenvalue weighted by Crippen LogP contribution is 2.31. The second kappa shape index (κ2) is 6.04. The molecule has 1 N–H and O–H groups in total. The summed E-state index contributed by atoms with van der Waals surface area (Å²) in [5, 5.41) is 3.30. The van der Waals surface area contributed by atoms with Crippen molar-refractivity contribution in [1.29, 1.82) is 0 Å². The van der Waals surface area contributed by atoms with Crippen LogP contribution in [0, 0.1) is 5.92 Å². The van der Waals surface area contributed by atoms with Crippen LogP contribution >= 0.6 is 0 Å². The third kappa shape index (κ3) is 3.46. The molecule has 1 fully saturated rings. The molecular formula is C15H23N3O. The lowest BCUT2D eigenvalue weighted by atomic mass is 10.1. The van der Waals surface area contributed by atoms with E-state index in [4.69, 9.17) is 0 Å². The summed E-state index contributed by atoms with van der Waals surface area (Å²) in [6, 6.07) is 4.31. The van der Waals surface area contributed by atoms with Crippen molar-refractivity contribution in [3.8, 4) is 0 Å². The maximum atomic E-state index is 11.6. The van der Waals surface area contributed by atoms with Gasteiger partial charge in [0.05, 0.1) is 6.04 Å². The molecule has 1 aromatic heterocycles. The van der Waals surface area contributed by atoms with E-state index in [0.29, 0.717) is 5.92 Å². The molecule has 0 radical (unpaired) electrons. The van der Waals surface area contributed by atoms with Crippen molar-refractivity contribution >= 4 is 11.7 Å². The Labute approximate surface area is 115 Å². The minimum absolute atomic E-state index is 0.157. The van der Waals surface area contributed by atoms with Gasteiger partial charge in [-0.3, -0.25) is 4.79 Å². The number of hydrogen-bond acceptors (Lipinski definition) is 3. The predicted molar refractivity (Wildman–Crippen MR) is 76.9 cm³/mol. The average molecular weight is 261 g/mol. The summed E-state index contributed by atoms with van der Waals surface area (Å²) in [6.07, 6.45) is 4.02. The zero-order valence-corrected chi connectivity index (χ0v) is 12.0. The normalized spacial score (nSPS) is 18.9. The summed E-state index contributed by atoms with van der Waals surface area (Å²) in [5.74, 6) is 1.67. The van der Waals surface area contributed by atoms with Gasteiger partial charge in [0.15, 0.2) is 0 Å². The van der Waals surface area contributed by atoms with Crippen molar-refractivity contribution in [1.82, 2.24) is 9.88 Å². The lowest BCUT2D eigenvalue weighted by molar-refractivity contribution is -0.129. The van der Waals surface area contributed by atoms with Crippen molar-refractivity contribution in [2.24, 2.45) is 5.92 Å². The number of carbonyl (C=O) groups is 1. The number of likely N-dealkylation sites (tertiary alicyclic amines) is 1. The first-order valence-corrected chi connectivity index (χ1v) is 7.05. The third-order valence-electron chi connectivity index (χ3n) is 3.52. The van der Waals surface area contributed by atoms with E-state index >= 15 is 0 Å². The van der Waals surface area contributed by atoms with Gasteiger partial charge in [0, 0.05) is 26.2 Å². The van der Waals surface area contributed by atoms with E-state index in [0.717, 1.165) is 37.3 Å². The first kappa shape index (κ1) is 13.8. The molecule has 0 bridgehead atoms. The minimum Gasteiger partial charge on any atom is -0.370 e. The molecule has 4 nitrogen and oxygen atoms in total. The Hall–Kier alpha value is -1.58. The van der Waals surface area contributed by atoms with E-state index in [1.807, 2.05) is 17.2 Å². The monoisotopic (exact) mass is 261 g/mol. The Kier molecular flexibility index (Phi) is 4.40. The first-order valence-electron chi connectivity index (χ1n) is 7.05. The van der Waals surface area contributed by atoms with Crippen molar-refractivity contribution in [2.75, 3.05) is 18.4 Å². The van der Waals surface area contributed by atoms with Crippen molar-refractivity contribution in [3.05, 3.63) is 23.9 Å². The molecule has 0 aliphatic carbocycles. The van der Waals surface area contributed by atoms with E-state index in [1.54, 1.807) is 6.92 Å². The Morgan fingerprint density at radius 1 is 1.53 bits per heavy atom. The maximum absolute atomic E-state index is 11.6. The number of nitrogens with zero attached hydrogens (tertiary/aromatic N) is 2. The number of rotatable bonds is 4. The maximum Gasteiger partial charge on any atom is 0.219 e. The largest absolute Gasteiger partial charge is 0.370 e. The molecule has 1 aliphatic rings. The number of amides is 1. The summed E-state index contributed by atoms with van der Waals surface area (Å²) in [7, 11) is 0. The van der Waals surface area contributed by atoms with Crippen LogP contribution in [0.1, 0.15) is 45.2 Å². The van der Waals surface area contributed by atoms with E-state index < -0.39 is 0 Å². The highest BCUT2D eigenvalue weighted by molar-refractivity contribution is 5.74. The number of anilines is 1. The van der Waals surface area contributed by atoms with Gasteiger partial charge in [0.25, 0.3) is 0 Å². The molecule has 0 unspecified atom stereocenters. The topological polar surface area (TPSA) is 45.2 Å². The van der Waals surface area contributed by atoms with Gasteiger partial charge < -0.3 is 10.2 Å². The van der Waals surface area contributed by atoms with E-state index in [-0.39, 0.29) is 11.9 Å². The molecule has 1 aromatic rings. The molecule has 2 rings (SSSR count). The summed E-state index contributed by atoms with van der Waals surface area (Å²) in [5.41, 5.74) is 1.14. The molecule has 1 amide bonds. The zero-order chi connectivity index (χ0) is 13.8. The van der Waals surface area contributed by atoms with Crippen molar-refractivity contribution in [3.63, 3.8) is 0 Å². The molecule has 1 saturated heterocycles. The van der Waals surface area contributed by atoms with Gasteiger partial charge in [-0.05, 0) is 30.4 Å². The zero-order valence-electron chi connectivity index (χ0n) is 12.0. The Morgan fingerprint density at radius 3 is 2.89 bits per heavy atom. The Bertz CT molecular complexity index is 428. The molecule has 0 saturated carbocycles.